The number of hydrogen-bond acceptors (Lipinski definition) is 4. The fourth-order valence-corrected chi connectivity index (χ4v) is 4.29. The Bertz CT molecular complexity index is 920. The first-order chi connectivity index (χ1) is 14.8. The second kappa shape index (κ2) is 10.7. The minimum Gasteiger partial charge on any atom is -0.496 e. The first-order valence-electron chi connectivity index (χ1n) is 10.3. The number of ether oxygens (including phenoxy) is 2. The van der Waals surface area contributed by atoms with Gasteiger partial charge in [0, 0.05) is 30.2 Å². The maximum absolute atomic E-state index is 13.1. The van der Waals surface area contributed by atoms with E-state index >= 15 is 0 Å². The molecule has 31 heavy (non-hydrogen) atoms. The summed E-state index contributed by atoms with van der Waals surface area (Å²) in [7, 11) is 1.54. The highest BCUT2D eigenvalue weighted by atomic mass is 79.9. The van der Waals surface area contributed by atoms with Crippen molar-refractivity contribution >= 4 is 33.4 Å². The Morgan fingerprint density at radius 2 is 1.94 bits per heavy atom. The molecular formula is C23H27BrClFN2O3. The van der Waals surface area contributed by atoms with Gasteiger partial charge in [-0.3, -0.25) is 4.79 Å². The Kier molecular flexibility index (Phi) is 8.19. The Morgan fingerprint density at radius 1 is 1.23 bits per heavy atom. The Labute approximate surface area is 196 Å². The molecular weight excluding hydrogens is 487 g/mol. The van der Waals surface area contributed by atoms with Gasteiger partial charge >= 0.3 is 0 Å². The Morgan fingerprint density at radius 3 is 2.61 bits per heavy atom. The van der Waals surface area contributed by atoms with Gasteiger partial charge in [0.2, 0.25) is 0 Å². The third-order valence-corrected chi connectivity index (χ3v) is 6.41. The molecule has 2 aromatic rings. The average molecular weight is 514 g/mol. The van der Waals surface area contributed by atoms with E-state index in [1.807, 2.05) is 0 Å². The zero-order valence-corrected chi connectivity index (χ0v) is 20.1. The van der Waals surface area contributed by atoms with E-state index in [1.165, 1.54) is 12.1 Å². The molecule has 0 unspecified atom stereocenters. The fraction of sp³-hybridized carbons (Fsp3) is 0.435. The summed E-state index contributed by atoms with van der Waals surface area (Å²) in [5.74, 6) is 0.688. The molecule has 1 heterocycles. The smallest absolute Gasteiger partial charge is 0.255 e. The zero-order valence-electron chi connectivity index (χ0n) is 17.7. The maximum Gasteiger partial charge on any atom is 0.255 e. The highest BCUT2D eigenvalue weighted by Gasteiger charge is 2.32. The van der Waals surface area contributed by atoms with E-state index in [1.54, 1.807) is 31.4 Å². The van der Waals surface area contributed by atoms with Gasteiger partial charge in [0.1, 0.15) is 17.3 Å². The van der Waals surface area contributed by atoms with Gasteiger partial charge in [-0.25, -0.2) is 4.39 Å². The molecule has 8 heteroatoms. The molecule has 1 amide bonds. The lowest BCUT2D eigenvalue weighted by Gasteiger charge is -2.40. The van der Waals surface area contributed by atoms with Gasteiger partial charge in [-0.2, -0.15) is 0 Å². The lowest BCUT2D eigenvalue weighted by Crippen LogP contribution is -2.53. The molecule has 3 rings (SSSR count). The summed E-state index contributed by atoms with van der Waals surface area (Å²) in [5.41, 5.74) is 0.166. The molecule has 1 saturated heterocycles. The number of likely N-dealkylation sites (tertiary alicyclic amines) is 1. The van der Waals surface area contributed by atoms with Gasteiger partial charge in [0.25, 0.3) is 5.91 Å². The number of carbonyl (C=O) groups excluding carboxylic acids is 1. The number of rotatable bonds is 8. The van der Waals surface area contributed by atoms with E-state index in [2.05, 4.69) is 33.1 Å². The monoisotopic (exact) mass is 512 g/mol. The molecule has 1 aliphatic heterocycles. The van der Waals surface area contributed by atoms with Crippen molar-refractivity contribution in [3.05, 3.63) is 57.3 Å². The number of halogens is 3. The van der Waals surface area contributed by atoms with Crippen LogP contribution in [0.5, 0.6) is 11.5 Å². The Hall–Kier alpha value is -1.83. The summed E-state index contributed by atoms with van der Waals surface area (Å²) in [5, 5.41) is 3.67. The van der Waals surface area contributed by atoms with E-state index in [4.69, 9.17) is 21.1 Å². The molecule has 0 saturated carbocycles. The summed E-state index contributed by atoms with van der Waals surface area (Å²) in [6, 6.07) is 9.45. The van der Waals surface area contributed by atoms with E-state index < -0.39 is 0 Å². The van der Waals surface area contributed by atoms with Crippen LogP contribution in [0.1, 0.15) is 36.5 Å². The third-order valence-electron chi connectivity index (χ3n) is 5.55. The second-order valence-electron chi connectivity index (χ2n) is 7.98. The van der Waals surface area contributed by atoms with Crippen molar-refractivity contribution in [1.29, 1.82) is 0 Å². The average Bonchev–Trinajstić information content (AvgIpc) is 2.73. The van der Waals surface area contributed by atoms with Gasteiger partial charge in [0.05, 0.1) is 23.8 Å². The third kappa shape index (κ3) is 6.57. The summed E-state index contributed by atoms with van der Waals surface area (Å²) in [6.07, 6.45) is 2.57. The molecule has 0 aliphatic carbocycles. The van der Waals surface area contributed by atoms with E-state index in [0.717, 1.165) is 38.9 Å². The van der Waals surface area contributed by atoms with Crippen LogP contribution in [0.3, 0.4) is 0 Å². The minimum atomic E-state index is -0.295. The van der Waals surface area contributed by atoms with Crippen LogP contribution in [0.15, 0.2) is 40.9 Å². The van der Waals surface area contributed by atoms with Crippen LogP contribution in [0.25, 0.3) is 0 Å². The van der Waals surface area contributed by atoms with Crippen molar-refractivity contribution in [3.63, 3.8) is 0 Å². The predicted molar refractivity (Wildman–Crippen MR) is 124 cm³/mol. The van der Waals surface area contributed by atoms with Crippen LogP contribution in [-0.2, 0) is 0 Å². The topological polar surface area (TPSA) is 50.8 Å². The minimum absolute atomic E-state index is 0.173. The lowest BCUT2D eigenvalue weighted by molar-refractivity contribution is 0.0827. The van der Waals surface area contributed by atoms with Crippen molar-refractivity contribution in [2.45, 2.75) is 31.7 Å². The Balaban J connectivity index is 1.44. The number of hydrogen-bond donors (Lipinski definition) is 1. The molecule has 1 N–H and O–H groups in total. The zero-order chi connectivity index (χ0) is 22.4. The van der Waals surface area contributed by atoms with Gasteiger partial charge in [-0.15, -0.1) is 0 Å². The summed E-state index contributed by atoms with van der Waals surface area (Å²) >= 11 is 9.37. The largest absolute Gasteiger partial charge is 0.496 e. The van der Waals surface area contributed by atoms with Gasteiger partial charge in [0.15, 0.2) is 0 Å². The van der Waals surface area contributed by atoms with Crippen molar-refractivity contribution in [3.8, 4) is 11.5 Å². The number of piperidine rings is 1. The molecule has 5 nitrogen and oxygen atoms in total. The molecule has 1 fully saturated rings. The van der Waals surface area contributed by atoms with Crippen LogP contribution < -0.4 is 14.8 Å². The van der Waals surface area contributed by atoms with Crippen LogP contribution in [0, 0.1) is 5.82 Å². The molecule has 0 aromatic heterocycles. The molecule has 0 bridgehead atoms. The van der Waals surface area contributed by atoms with Crippen LogP contribution in [-0.4, -0.2) is 49.7 Å². The molecule has 2 aromatic carbocycles. The number of carbonyl (C=O) groups is 1. The number of nitrogens with zero attached hydrogens (tertiary/aromatic N) is 1. The fourth-order valence-electron chi connectivity index (χ4n) is 3.66. The normalized spacial score (nSPS) is 16.0. The standard InChI is InChI=1S/C23H27BrClFN2O3/c1-23(27-22(29)18-14-16(25)4-6-20(18)30-2)8-11-28(12-9-23)10-3-13-31-21-7-5-17(26)15-19(21)24/h4-7,14-15H,3,8-13H2,1-2H3,(H,27,29). The lowest BCUT2D eigenvalue weighted by atomic mass is 9.89. The first kappa shape index (κ1) is 23.8. The van der Waals surface area contributed by atoms with E-state index in [0.29, 0.717) is 33.2 Å². The number of nitrogens with one attached hydrogen (secondary N) is 1. The number of amides is 1. The highest BCUT2D eigenvalue weighted by Crippen LogP contribution is 2.27. The maximum atomic E-state index is 13.1. The van der Waals surface area contributed by atoms with E-state index in [9.17, 15) is 9.18 Å². The molecule has 168 valence electrons. The van der Waals surface area contributed by atoms with Crippen molar-refractivity contribution < 1.29 is 18.7 Å². The highest BCUT2D eigenvalue weighted by molar-refractivity contribution is 9.10. The van der Waals surface area contributed by atoms with Crippen LogP contribution in [0.4, 0.5) is 4.39 Å². The first-order valence-corrected chi connectivity index (χ1v) is 11.4. The van der Waals surface area contributed by atoms with Gasteiger partial charge in [-0.1, -0.05) is 11.6 Å². The van der Waals surface area contributed by atoms with Crippen LogP contribution in [0.2, 0.25) is 5.02 Å². The van der Waals surface area contributed by atoms with Gasteiger partial charge in [-0.05, 0) is 78.5 Å². The second-order valence-corrected chi connectivity index (χ2v) is 9.27. The predicted octanol–water partition coefficient (Wildman–Crippen LogP) is 5.30. The van der Waals surface area contributed by atoms with Gasteiger partial charge < -0.3 is 19.7 Å². The number of methoxy groups -OCH3 is 1. The summed E-state index contributed by atoms with van der Waals surface area (Å²) < 4.78 is 24.8. The molecule has 1 aliphatic rings. The van der Waals surface area contributed by atoms with Crippen molar-refractivity contribution in [2.75, 3.05) is 33.4 Å². The number of benzene rings is 2. The van der Waals surface area contributed by atoms with Crippen LogP contribution >= 0.6 is 27.5 Å². The summed E-state index contributed by atoms with van der Waals surface area (Å²) in [6.45, 7) is 5.33. The molecule has 0 atom stereocenters. The van der Waals surface area contributed by atoms with Crippen molar-refractivity contribution in [2.24, 2.45) is 0 Å². The molecule has 0 spiro atoms. The quantitative estimate of drug-likeness (QED) is 0.487. The van der Waals surface area contributed by atoms with E-state index in [-0.39, 0.29) is 17.3 Å². The SMILES string of the molecule is COc1ccc(Cl)cc1C(=O)NC1(C)CCN(CCCOc2ccc(F)cc2Br)CC1. The summed E-state index contributed by atoms with van der Waals surface area (Å²) in [4.78, 5) is 15.2. The molecule has 0 radical (unpaired) electrons. The van der Waals surface area contributed by atoms with Crippen molar-refractivity contribution in [1.82, 2.24) is 10.2 Å².